The molecule has 0 aliphatic rings. The first-order valence-electron chi connectivity index (χ1n) is 6.38. The van der Waals surface area contributed by atoms with Gasteiger partial charge in [-0.05, 0) is 31.0 Å². The SMILES string of the molecule is CCC(N)CCNC(=O)c1cc(OC)ccc1OC. The third kappa shape index (κ3) is 4.44. The van der Waals surface area contributed by atoms with E-state index in [0.717, 1.165) is 12.8 Å². The minimum atomic E-state index is -0.181. The minimum absolute atomic E-state index is 0.118. The van der Waals surface area contributed by atoms with Crippen molar-refractivity contribution in [2.45, 2.75) is 25.8 Å². The van der Waals surface area contributed by atoms with E-state index in [-0.39, 0.29) is 11.9 Å². The Morgan fingerprint density at radius 2 is 2.11 bits per heavy atom. The lowest BCUT2D eigenvalue weighted by Gasteiger charge is -2.12. The fraction of sp³-hybridized carbons (Fsp3) is 0.500. The van der Waals surface area contributed by atoms with E-state index in [1.54, 1.807) is 25.3 Å². The highest BCUT2D eigenvalue weighted by Crippen LogP contribution is 2.23. The number of rotatable bonds is 7. The van der Waals surface area contributed by atoms with Gasteiger partial charge in [0.25, 0.3) is 5.91 Å². The quantitative estimate of drug-likeness (QED) is 0.785. The fourth-order valence-electron chi connectivity index (χ4n) is 1.66. The number of benzene rings is 1. The average molecular weight is 266 g/mol. The van der Waals surface area contributed by atoms with Crippen LogP contribution in [0.3, 0.4) is 0 Å². The fourth-order valence-corrected chi connectivity index (χ4v) is 1.66. The van der Waals surface area contributed by atoms with Crippen LogP contribution in [0.5, 0.6) is 11.5 Å². The smallest absolute Gasteiger partial charge is 0.255 e. The van der Waals surface area contributed by atoms with Gasteiger partial charge >= 0.3 is 0 Å². The predicted molar refractivity (Wildman–Crippen MR) is 74.8 cm³/mol. The molecule has 0 fully saturated rings. The van der Waals surface area contributed by atoms with Gasteiger partial charge in [0.05, 0.1) is 19.8 Å². The molecule has 1 unspecified atom stereocenters. The molecule has 1 aromatic rings. The zero-order chi connectivity index (χ0) is 14.3. The van der Waals surface area contributed by atoms with Crippen molar-refractivity contribution in [3.05, 3.63) is 23.8 Å². The van der Waals surface area contributed by atoms with Crippen LogP contribution in [-0.2, 0) is 0 Å². The number of carbonyl (C=O) groups excluding carboxylic acids is 1. The van der Waals surface area contributed by atoms with Crippen molar-refractivity contribution in [1.82, 2.24) is 5.32 Å². The van der Waals surface area contributed by atoms with Crippen LogP contribution in [0.25, 0.3) is 0 Å². The molecule has 0 spiro atoms. The van der Waals surface area contributed by atoms with Crippen LogP contribution >= 0.6 is 0 Å². The molecule has 0 bridgehead atoms. The van der Waals surface area contributed by atoms with Gasteiger partial charge in [0, 0.05) is 12.6 Å². The van der Waals surface area contributed by atoms with E-state index in [0.29, 0.717) is 23.6 Å². The maximum absolute atomic E-state index is 12.1. The Morgan fingerprint density at radius 3 is 2.68 bits per heavy atom. The van der Waals surface area contributed by atoms with E-state index >= 15 is 0 Å². The lowest BCUT2D eigenvalue weighted by molar-refractivity contribution is 0.0949. The summed E-state index contributed by atoms with van der Waals surface area (Å²) in [5, 5.41) is 2.84. The van der Waals surface area contributed by atoms with Gasteiger partial charge in [-0.2, -0.15) is 0 Å². The summed E-state index contributed by atoms with van der Waals surface area (Å²) >= 11 is 0. The molecule has 0 saturated heterocycles. The molecule has 0 aliphatic carbocycles. The molecule has 19 heavy (non-hydrogen) atoms. The molecular formula is C14H22N2O3. The molecule has 0 aliphatic heterocycles. The summed E-state index contributed by atoms with van der Waals surface area (Å²) in [6.45, 7) is 2.58. The van der Waals surface area contributed by atoms with Gasteiger partial charge in [-0.3, -0.25) is 4.79 Å². The van der Waals surface area contributed by atoms with Gasteiger partial charge in [0.2, 0.25) is 0 Å². The van der Waals surface area contributed by atoms with Gasteiger partial charge in [-0.15, -0.1) is 0 Å². The molecule has 1 rings (SSSR count). The second-order valence-corrected chi connectivity index (χ2v) is 4.28. The lowest BCUT2D eigenvalue weighted by Crippen LogP contribution is -2.30. The number of amides is 1. The summed E-state index contributed by atoms with van der Waals surface area (Å²) in [7, 11) is 3.09. The van der Waals surface area contributed by atoms with E-state index in [2.05, 4.69) is 5.32 Å². The van der Waals surface area contributed by atoms with E-state index < -0.39 is 0 Å². The molecule has 5 heteroatoms. The number of hydrogen-bond acceptors (Lipinski definition) is 4. The number of carbonyl (C=O) groups is 1. The van der Waals surface area contributed by atoms with E-state index in [1.165, 1.54) is 7.11 Å². The van der Waals surface area contributed by atoms with Crippen molar-refractivity contribution in [2.75, 3.05) is 20.8 Å². The molecule has 0 aromatic heterocycles. The molecule has 1 aromatic carbocycles. The molecule has 5 nitrogen and oxygen atoms in total. The highest BCUT2D eigenvalue weighted by atomic mass is 16.5. The van der Waals surface area contributed by atoms with Crippen molar-refractivity contribution in [3.8, 4) is 11.5 Å². The first-order chi connectivity index (χ1) is 9.12. The molecule has 0 heterocycles. The molecule has 1 atom stereocenters. The highest BCUT2D eigenvalue weighted by Gasteiger charge is 2.13. The summed E-state index contributed by atoms with van der Waals surface area (Å²) in [4.78, 5) is 12.1. The van der Waals surface area contributed by atoms with E-state index in [9.17, 15) is 4.79 Å². The average Bonchev–Trinajstić information content (AvgIpc) is 2.45. The van der Waals surface area contributed by atoms with Crippen molar-refractivity contribution in [1.29, 1.82) is 0 Å². The lowest BCUT2D eigenvalue weighted by atomic mass is 10.1. The van der Waals surface area contributed by atoms with Crippen molar-refractivity contribution in [3.63, 3.8) is 0 Å². The maximum Gasteiger partial charge on any atom is 0.255 e. The van der Waals surface area contributed by atoms with Crippen LogP contribution < -0.4 is 20.5 Å². The first kappa shape index (κ1) is 15.3. The Hall–Kier alpha value is -1.75. The molecule has 0 radical (unpaired) electrons. The normalized spacial score (nSPS) is 11.8. The predicted octanol–water partition coefficient (Wildman–Crippen LogP) is 1.56. The standard InChI is InChI=1S/C14H22N2O3/c1-4-10(15)7-8-16-14(17)12-9-11(18-2)5-6-13(12)19-3/h5-6,9-10H,4,7-8,15H2,1-3H3,(H,16,17). The number of nitrogens with one attached hydrogen (secondary N) is 1. The Bertz CT molecular complexity index is 421. The molecule has 0 saturated carbocycles. The Kier molecular flexibility index (Phi) is 6.15. The largest absolute Gasteiger partial charge is 0.497 e. The zero-order valence-corrected chi connectivity index (χ0v) is 11.7. The Balaban J connectivity index is 2.69. The third-order valence-corrected chi connectivity index (χ3v) is 2.98. The van der Waals surface area contributed by atoms with Crippen molar-refractivity contribution in [2.24, 2.45) is 5.73 Å². The van der Waals surface area contributed by atoms with Crippen molar-refractivity contribution < 1.29 is 14.3 Å². The topological polar surface area (TPSA) is 73.6 Å². The minimum Gasteiger partial charge on any atom is -0.497 e. The van der Waals surface area contributed by atoms with Crippen LogP contribution in [0.1, 0.15) is 30.1 Å². The first-order valence-corrected chi connectivity index (χ1v) is 6.38. The Labute approximate surface area is 114 Å². The number of hydrogen-bond donors (Lipinski definition) is 2. The zero-order valence-electron chi connectivity index (χ0n) is 11.7. The van der Waals surface area contributed by atoms with Gasteiger partial charge in [0.15, 0.2) is 0 Å². The monoisotopic (exact) mass is 266 g/mol. The number of methoxy groups -OCH3 is 2. The molecule has 1 amide bonds. The van der Waals surface area contributed by atoms with Gasteiger partial charge in [-0.25, -0.2) is 0 Å². The summed E-state index contributed by atoms with van der Waals surface area (Å²) < 4.78 is 10.3. The maximum atomic E-state index is 12.1. The summed E-state index contributed by atoms with van der Waals surface area (Å²) in [5.41, 5.74) is 6.27. The summed E-state index contributed by atoms with van der Waals surface area (Å²) in [6.07, 6.45) is 1.66. The van der Waals surface area contributed by atoms with Crippen LogP contribution in [0.15, 0.2) is 18.2 Å². The van der Waals surface area contributed by atoms with E-state index in [1.807, 2.05) is 6.92 Å². The highest BCUT2D eigenvalue weighted by molar-refractivity contribution is 5.97. The van der Waals surface area contributed by atoms with Gasteiger partial charge < -0.3 is 20.5 Å². The van der Waals surface area contributed by atoms with Crippen LogP contribution in [0.2, 0.25) is 0 Å². The van der Waals surface area contributed by atoms with Gasteiger partial charge in [-0.1, -0.05) is 6.92 Å². The molecular weight excluding hydrogens is 244 g/mol. The number of nitrogens with two attached hydrogens (primary N) is 1. The second-order valence-electron chi connectivity index (χ2n) is 4.28. The summed E-state index contributed by atoms with van der Waals surface area (Å²) in [5.74, 6) is 0.966. The van der Waals surface area contributed by atoms with Crippen LogP contribution in [-0.4, -0.2) is 32.7 Å². The van der Waals surface area contributed by atoms with Gasteiger partial charge in [0.1, 0.15) is 11.5 Å². The summed E-state index contributed by atoms with van der Waals surface area (Å²) in [6, 6.07) is 5.25. The van der Waals surface area contributed by atoms with Crippen LogP contribution in [0, 0.1) is 0 Å². The third-order valence-electron chi connectivity index (χ3n) is 2.98. The second kappa shape index (κ2) is 7.63. The van der Waals surface area contributed by atoms with Crippen molar-refractivity contribution >= 4 is 5.91 Å². The van der Waals surface area contributed by atoms with Crippen LogP contribution in [0.4, 0.5) is 0 Å². The Morgan fingerprint density at radius 1 is 1.37 bits per heavy atom. The molecule has 106 valence electrons. The van der Waals surface area contributed by atoms with E-state index in [4.69, 9.17) is 15.2 Å². The number of ether oxygens (including phenoxy) is 2. The molecule has 3 N–H and O–H groups in total.